The molecule has 0 bridgehead atoms. The van der Waals surface area contributed by atoms with Crippen molar-refractivity contribution in [2.75, 3.05) is 7.11 Å². The molecule has 2 rings (SSSR count). The van der Waals surface area contributed by atoms with Crippen LogP contribution in [-0.4, -0.2) is 40.6 Å². The number of hydrogen-bond donors (Lipinski definition) is 1. The molecule has 94 valence electrons. The Balaban J connectivity index is 2.67. The van der Waals surface area contributed by atoms with E-state index < -0.39 is 12.1 Å². The van der Waals surface area contributed by atoms with Crippen LogP contribution in [0.2, 0.25) is 5.15 Å². The molecule has 2 aromatic rings. The first-order valence-electron chi connectivity index (χ1n) is 5.24. The maximum Gasteiger partial charge on any atom is 0.339 e. The summed E-state index contributed by atoms with van der Waals surface area (Å²) in [5.74, 6) is -0.787. The highest BCUT2D eigenvalue weighted by molar-refractivity contribution is 6.32. The smallest absolute Gasteiger partial charge is 0.339 e. The van der Waals surface area contributed by atoms with Gasteiger partial charge in [0.25, 0.3) is 0 Å². The number of aromatic nitrogens is 3. The van der Waals surface area contributed by atoms with Gasteiger partial charge >= 0.3 is 5.97 Å². The van der Waals surface area contributed by atoms with Crippen molar-refractivity contribution in [1.82, 2.24) is 14.6 Å². The average Bonchev–Trinajstić information content (AvgIpc) is 2.68. The zero-order valence-corrected chi connectivity index (χ0v) is 10.9. The first kappa shape index (κ1) is 12.9. The third kappa shape index (κ3) is 1.95. The summed E-state index contributed by atoms with van der Waals surface area (Å²) in [7, 11) is 3.00. The molecule has 0 fully saturated rings. The molecule has 2 heterocycles. The maximum absolute atomic E-state index is 11.4. The number of rotatable bonds is 2. The Morgan fingerprint density at radius 1 is 1.67 bits per heavy atom. The van der Waals surface area contributed by atoms with Gasteiger partial charge in [-0.05, 0) is 13.0 Å². The molecule has 0 aliphatic heterocycles. The van der Waals surface area contributed by atoms with Crippen LogP contribution in [0.1, 0.15) is 17.4 Å². The number of aryl methyl sites for hydroxylation is 1. The lowest BCUT2D eigenvalue weighted by molar-refractivity contribution is -0.150. The summed E-state index contributed by atoms with van der Waals surface area (Å²) < 4.78 is 5.87. The molecular formula is C10H11BClN3O3. The van der Waals surface area contributed by atoms with E-state index in [1.807, 2.05) is 0 Å². The number of ether oxygens (including phenoxy) is 1. The molecule has 18 heavy (non-hydrogen) atoms. The summed E-state index contributed by atoms with van der Waals surface area (Å²) in [4.78, 5) is 15.6. The maximum atomic E-state index is 11.4. The predicted molar refractivity (Wildman–Crippen MR) is 67.9 cm³/mol. The Hall–Kier alpha value is -1.60. The minimum Gasteiger partial charge on any atom is -0.467 e. The van der Waals surface area contributed by atoms with E-state index in [1.165, 1.54) is 11.6 Å². The largest absolute Gasteiger partial charge is 0.467 e. The summed E-state index contributed by atoms with van der Waals surface area (Å²) in [6.45, 7) is 1.66. The van der Waals surface area contributed by atoms with Crippen LogP contribution < -0.4 is 5.59 Å². The Kier molecular flexibility index (Phi) is 3.27. The molecule has 0 spiro atoms. The predicted octanol–water partition coefficient (Wildman–Crippen LogP) is -0.844. The minimum atomic E-state index is -1.47. The average molecular weight is 267 g/mol. The van der Waals surface area contributed by atoms with E-state index >= 15 is 0 Å². The van der Waals surface area contributed by atoms with Gasteiger partial charge in [-0.25, -0.2) is 14.3 Å². The summed E-state index contributed by atoms with van der Waals surface area (Å²) in [6.07, 6.45) is -1.47. The van der Waals surface area contributed by atoms with Gasteiger partial charge in [0.15, 0.2) is 19.6 Å². The molecule has 2 aromatic heterocycles. The van der Waals surface area contributed by atoms with Gasteiger partial charge in [0.05, 0.1) is 12.7 Å². The second-order valence-corrected chi connectivity index (χ2v) is 4.24. The van der Waals surface area contributed by atoms with E-state index in [9.17, 15) is 9.90 Å². The van der Waals surface area contributed by atoms with Gasteiger partial charge in [0.1, 0.15) is 5.15 Å². The van der Waals surface area contributed by atoms with E-state index in [1.54, 1.807) is 20.8 Å². The van der Waals surface area contributed by atoms with Crippen molar-refractivity contribution < 1.29 is 14.6 Å². The zero-order valence-electron chi connectivity index (χ0n) is 10.1. The highest BCUT2D eigenvalue weighted by atomic mass is 35.5. The second kappa shape index (κ2) is 4.58. The van der Waals surface area contributed by atoms with Gasteiger partial charge in [0, 0.05) is 11.3 Å². The van der Waals surface area contributed by atoms with Crippen molar-refractivity contribution in [3.63, 3.8) is 0 Å². The molecule has 0 aliphatic carbocycles. The summed E-state index contributed by atoms with van der Waals surface area (Å²) >= 11 is 6.15. The van der Waals surface area contributed by atoms with Crippen LogP contribution in [0.4, 0.5) is 0 Å². The molecule has 0 saturated heterocycles. The third-order valence-electron chi connectivity index (χ3n) is 2.59. The van der Waals surface area contributed by atoms with Crippen molar-refractivity contribution in [3.05, 3.63) is 22.5 Å². The lowest BCUT2D eigenvalue weighted by Crippen LogP contribution is -2.17. The number of aliphatic hydroxyl groups excluding tert-OH is 1. The minimum absolute atomic E-state index is 0.156. The quantitative estimate of drug-likeness (QED) is 0.436. The number of halogens is 1. The van der Waals surface area contributed by atoms with Gasteiger partial charge in [-0.15, -0.1) is 0 Å². The molecule has 1 N–H and O–H groups in total. The standard InChI is InChI=1S/C10H11BClN3O3/c1-4-7(8(16)10(17)18-2)9(12)15-6(13-4)3-5(11)14-15/h3,8,16H,11H2,1-2H3. The molecule has 0 amide bonds. The van der Waals surface area contributed by atoms with Gasteiger partial charge in [-0.2, -0.15) is 5.10 Å². The normalized spacial score (nSPS) is 12.7. The van der Waals surface area contributed by atoms with Crippen molar-refractivity contribution in [2.45, 2.75) is 13.0 Å². The molecular weight excluding hydrogens is 256 g/mol. The molecule has 1 unspecified atom stereocenters. The number of carbonyl (C=O) groups excluding carboxylic acids is 1. The molecule has 0 aromatic carbocycles. The monoisotopic (exact) mass is 267 g/mol. The van der Waals surface area contributed by atoms with Crippen molar-refractivity contribution in [2.24, 2.45) is 0 Å². The third-order valence-corrected chi connectivity index (χ3v) is 2.95. The lowest BCUT2D eigenvalue weighted by Gasteiger charge is -2.13. The number of fused-ring (bicyclic) bond motifs is 1. The van der Waals surface area contributed by atoms with Crippen LogP contribution in [0.25, 0.3) is 5.65 Å². The molecule has 0 radical (unpaired) electrons. The Bertz CT molecular complexity index is 628. The fraction of sp³-hybridized carbons (Fsp3) is 0.300. The van der Waals surface area contributed by atoms with Crippen molar-refractivity contribution >= 4 is 36.7 Å². The van der Waals surface area contributed by atoms with Crippen LogP contribution in [0, 0.1) is 6.92 Å². The second-order valence-electron chi connectivity index (χ2n) is 3.88. The van der Waals surface area contributed by atoms with E-state index in [4.69, 9.17) is 11.6 Å². The van der Waals surface area contributed by atoms with E-state index in [0.29, 0.717) is 11.3 Å². The van der Waals surface area contributed by atoms with Crippen LogP contribution in [0.5, 0.6) is 0 Å². The van der Waals surface area contributed by atoms with Crippen molar-refractivity contribution in [1.29, 1.82) is 0 Å². The Morgan fingerprint density at radius 3 is 2.94 bits per heavy atom. The number of esters is 1. The SMILES string of the molecule is Bc1cc2nc(C)c(C(O)C(=O)OC)c(Cl)n2n1. The fourth-order valence-corrected chi connectivity index (χ4v) is 2.11. The van der Waals surface area contributed by atoms with Crippen LogP contribution >= 0.6 is 11.6 Å². The highest BCUT2D eigenvalue weighted by Crippen LogP contribution is 2.26. The molecule has 6 nitrogen and oxygen atoms in total. The van der Waals surface area contributed by atoms with E-state index in [0.717, 1.165) is 5.59 Å². The first-order chi connectivity index (χ1) is 8.45. The molecule has 0 saturated carbocycles. The fourth-order valence-electron chi connectivity index (χ4n) is 1.75. The zero-order chi connectivity index (χ0) is 13.4. The molecule has 0 aliphatic rings. The topological polar surface area (TPSA) is 76.7 Å². The number of methoxy groups -OCH3 is 1. The summed E-state index contributed by atoms with van der Waals surface area (Å²) in [5.41, 5.74) is 1.98. The van der Waals surface area contributed by atoms with Crippen LogP contribution in [0.15, 0.2) is 6.07 Å². The lowest BCUT2D eigenvalue weighted by atomic mass is 10.1. The highest BCUT2D eigenvalue weighted by Gasteiger charge is 2.26. The number of aliphatic hydroxyl groups is 1. The van der Waals surface area contributed by atoms with E-state index in [2.05, 4.69) is 14.8 Å². The summed E-state index contributed by atoms with van der Waals surface area (Å²) in [5, 5.41) is 14.2. The molecule has 8 heteroatoms. The number of hydrogen-bond acceptors (Lipinski definition) is 5. The van der Waals surface area contributed by atoms with Gasteiger partial charge < -0.3 is 9.84 Å². The van der Waals surface area contributed by atoms with Crippen LogP contribution in [-0.2, 0) is 9.53 Å². The summed E-state index contributed by atoms with van der Waals surface area (Å²) in [6, 6.07) is 1.76. The number of carbonyl (C=O) groups is 1. The van der Waals surface area contributed by atoms with Gasteiger partial charge in [-0.1, -0.05) is 11.6 Å². The van der Waals surface area contributed by atoms with Gasteiger partial charge in [-0.3, -0.25) is 0 Å². The van der Waals surface area contributed by atoms with Crippen LogP contribution in [0.3, 0.4) is 0 Å². The van der Waals surface area contributed by atoms with Crippen molar-refractivity contribution in [3.8, 4) is 0 Å². The Morgan fingerprint density at radius 2 is 2.33 bits per heavy atom. The first-order valence-corrected chi connectivity index (χ1v) is 5.61. The number of nitrogens with zero attached hydrogens (tertiary/aromatic N) is 3. The van der Waals surface area contributed by atoms with E-state index in [-0.39, 0.29) is 10.7 Å². The van der Waals surface area contributed by atoms with Gasteiger partial charge in [0.2, 0.25) is 0 Å². The molecule has 1 atom stereocenters. The Labute approximate surface area is 109 Å².